The Morgan fingerprint density at radius 1 is 1.03 bits per heavy atom. The number of halogens is 1. The molecule has 0 aliphatic heterocycles. The number of hydrogen-bond donors (Lipinski definition) is 1. The van der Waals surface area contributed by atoms with Crippen LogP contribution in [0.4, 0.5) is 17.2 Å². The van der Waals surface area contributed by atoms with Crippen molar-refractivity contribution in [2.24, 2.45) is 0 Å². The zero-order chi connectivity index (χ0) is 20.4. The summed E-state index contributed by atoms with van der Waals surface area (Å²) in [6.07, 6.45) is 0. The van der Waals surface area contributed by atoms with Gasteiger partial charge in [0.1, 0.15) is 11.6 Å². The molecule has 3 aromatic carbocycles. The molecular weight excluding hydrogens is 392 g/mol. The van der Waals surface area contributed by atoms with Crippen LogP contribution < -0.4 is 10.1 Å². The van der Waals surface area contributed by atoms with Crippen LogP contribution in [0, 0.1) is 10.1 Å². The Bertz CT molecular complexity index is 1210. The van der Waals surface area contributed by atoms with Gasteiger partial charge in [0.2, 0.25) is 0 Å². The van der Waals surface area contributed by atoms with Crippen molar-refractivity contribution < 1.29 is 9.66 Å². The normalized spacial score (nSPS) is 10.7. The number of nitrogens with zero attached hydrogens (tertiary/aromatic N) is 3. The summed E-state index contributed by atoms with van der Waals surface area (Å²) in [4.78, 5) is 20.0. The first kappa shape index (κ1) is 18.6. The number of hydrogen-bond acceptors (Lipinski definition) is 6. The largest absolute Gasteiger partial charge is 0.495 e. The fourth-order valence-corrected chi connectivity index (χ4v) is 3.06. The minimum Gasteiger partial charge on any atom is -0.495 e. The van der Waals surface area contributed by atoms with Gasteiger partial charge < -0.3 is 10.1 Å². The third-order valence-corrected chi connectivity index (χ3v) is 4.60. The molecule has 0 bridgehead atoms. The van der Waals surface area contributed by atoms with E-state index in [1.54, 1.807) is 18.2 Å². The lowest BCUT2D eigenvalue weighted by molar-refractivity contribution is -0.384. The Balaban J connectivity index is 1.86. The van der Waals surface area contributed by atoms with Gasteiger partial charge in [-0.2, -0.15) is 0 Å². The van der Waals surface area contributed by atoms with Crippen molar-refractivity contribution >= 4 is 39.7 Å². The van der Waals surface area contributed by atoms with E-state index in [1.807, 2.05) is 36.4 Å². The molecule has 0 aliphatic carbocycles. The molecule has 0 saturated carbocycles. The van der Waals surface area contributed by atoms with Crippen molar-refractivity contribution in [3.63, 3.8) is 0 Å². The van der Waals surface area contributed by atoms with Gasteiger partial charge in [-0.1, -0.05) is 23.7 Å². The summed E-state index contributed by atoms with van der Waals surface area (Å²) in [6.45, 7) is 0. The molecule has 29 heavy (non-hydrogen) atoms. The van der Waals surface area contributed by atoms with Crippen molar-refractivity contribution in [3.05, 3.63) is 81.9 Å². The van der Waals surface area contributed by atoms with Gasteiger partial charge in [0, 0.05) is 28.1 Å². The Morgan fingerprint density at radius 3 is 2.52 bits per heavy atom. The van der Waals surface area contributed by atoms with E-state index in [1.165, 1.54) is 19.2 Å². The number of nitrogens with one attached hydrogen (secondary N) is 1. The predicted molar refractivity (Wildman–Crippen MR) is 113 cm³/mol. The maximum atomic E-state index is 11.2. The summed E-state index contributed by atoms with van der Waals surface area (Å²) >= 11 is 5.98. The highest BCUT2D eigenvalue weighted by molar-refractivity contribution is 6.30. The van der Waals surface area contributed by atoms with E-state index in [-0.39, 0.29) is 5.69 Å². The maximum absolute atomic E-state index is 11.2. The smallest absolute Gasteiger partial charge is 0.271 e. The van der Waals surface area contributed by atoms with Crippen LogP contribution in [0.15, 0.2) is 66.7 Å². The fraction of sp³-hybridized carbons (Fsp3) is 0.0476. The number of para-hydroxylation sites is 1. The lowest BCUT2D eigenvalue weighted by Crippen LogP contribution is -2.01. The second-order valence-electron chi connectivity index (χ2n) is 6.19. The number of ether oxygens (including phenoxy) is 1. The maximum Gasteiger partial charge on any atom is 0.271 e. The molecule has 0 spiro atoms. The lowest BCUT2D eigenvalue weighted by Gasteiger charge is -2.13. The number of nitro benzene ring substituents is 1. The Kier molecular flexibility index (Phi) is 4.97. The van der Waals surface area contributed by atoms with Gasteiger partial charge in [-0.3, -0.25) is 10.1 Å². The van der Waals surface area contributed by atoms with Crippen molar-refractivity contribution in [1.29, 1.82) is 0 Å². The Labute approximate surface area is 171 Å². The first-order chi connectivity index (χ1) is 14.0. The third kappa shape index (κ3) is 3.81. The van der Waals surface area contributed by atoms with Crippen molar-refractivity contribution in [1.82, 2.24) is 9.97 Å². The average molecular weight is 407 g/mol. The number of methoxy groups -OCH3 is 1. The zero-order valence-corrected chi connectivity index (χ0v) is 16.1. The molecule has 8 heteroatoms. The molecule has 0 aliphatic rings. The monoisotopic (exact) mass is 406 g/mol. The quantitative estimate of drug-likeness (QED) is 0.342. The molecule has 7 nitrogen and oxygen atoms in total. The molecule has 4 rings (SSSR count). The van der Waals surface area contributed by atoms with Gasteiger partial charge in [0.25, 0.3) is 5.69 Å². The van der Waals surface area contributed by atoms with E-state index in [0.29, 0.717) is 28.1 Å². The molecule has 1 N–H and O–H groups in total. The van der Waals surface area contributed by atoms with Gasteiger partial charge in [0.05, 0.1) is 23.2 Å². The molecule has 144 valence electrons. The predicted octanol–water partition coefficient (Wildman–Crippen LogP) is 5.61. The van der Waals surface area contributed by atoms with Crippen LogP contribution >= 0.6 is 11.6 Å². The molecule has 0 fully saturated rings. The van der Waals surface area contributed by atoms with E-state index in [0.717, 1.165) is 16.5 Å². The van der Waals surface area contributed by atoms with Crippen LogP contribution in [0.3, 0.4) is 0 Å². The third-order valence-electron chi connectivity index (χ3n) is 4.35. The van der Waals surface area contributed by atoms with Crippen molar-refractivity contribution in [3.8, 4) is 17.1 Å². The number of non-ortho nitro benzene ring substituents is 1. The standard InChI is InChI=1S/C21H15ClN4O3/c1-29-19-11-10-15(26(27)28)12-18(19)24-21-16-4-2-3-5-17(16)23-20(25-21)13-6-8-14(22)9-7-13/h2-12H,1H3,(H,23,24,25). The van der Waals surface area contributed by atoms with Crippen LogP contribution in [0.2, 0.25) is 5.02 Å². The topological polar surface area (TPSA) is 90.2 Å². The second-order valence-corrected chi connectivity index (χ2v) is 6.62. The summed E-state index contributed by atoms with van der Waals surface area (Å²) in [5.41, 5.74) is 1.92. The van der Waals surface area contributed by atoms with Gasteiger partial charge in [-0.15, -0.1) is 0 Å². The highest BCUT2D eigenvalue weighted by Crippen LogP contribution is 2.34. The molecule has 0 amide bonds. The van der Waals surface area contributed by atoms with E-state index in [4.69, 9.17) is 16.3 Å². The number of fused-ring (bicyclic) bond motifs is 1. The zero-order valence-electron chi connectivity index (χ0n) is 15.3. The molecule has 0 saturated heterocycles. The first-order valence-electron chi connectivity index (χ1n) is 8.67. The number of anilines is 2. The van der Waals surface area contributed by atoms with Crippen LogP contribution in [0.25, 0.3) is 22.3 Å². The van der Waals surface area contributed by atoms with Crippen LogP contribution in [0.1, 0.15) is 0 Å². The highest BCUT2D eigenvalue weighted by Gasteiger charge is 2.15. The Hall–Kier alpha value is -3.71. The molecule has 0 radical (unpaired) electrons. The van der Waals surface area contributed by atoms with Gasteiger partial charge in [-0.25, -0.2) is 9.97 Å². The number of benzene rings is 3. The molecular formula is C21H15ClN4O3. The molecule has 1 aromatic heterocycles. The van der Waals surface area contributed by atoms with E-state index < -0.39 is 4.92 Å². The van der Waals surface area contributed by atoms with Crippen LogP contribution in [0.5, 0.6) is 5.75 Å². The summed E-state index contributed by atoms with van der Waals surface area (Å²) in [5.74, 6) is 1.48. The Morgan fingerprint density at radius 2 is 1.79 bits per heavy atom. The van der Waals surface area contributed by atoms with E-state index in [2.05, 4.69) is 15.3 Å². The average Bonchev–Trinajstić information content (AvgIpc) is 2.74. The van der Waals surface area contributed by atoms with Gasteiger partial charge in [-0.05, 0) is 42.5 Å². The van der Waals surface area contributed by atoms with E-state index in [9.17, 15) is 10.1 Å². The molecule has 0 atom stereocenters. The number of nitro groups is 1. The number of aromatic nitrogens is 2. The van der Waals surface area contributed by atoms with Gasteiger partial charge in [0.15, 0.2) is 5.82 Å². The van der Waals surface area contributed by atoms with Crippen LogP contribution in [-0.4, -0.2) is 22.0 Å². The van der Waals surface area contributed by atoms with Crippen molar-refractivity contribution in [2.45, 2.75) is 0 Å². The fourth-order valence-electron chi connectivity index (χ4n) is 2.93. The van der Waals surface area contributed by atoms with Gasteiger partial charge >= 0.3 is 0 Å². The molecule has 0 unspecified atom stereocenters. The molecule has 1 heterocycles. The van der Waals surface area contributed by atoms with Crippen molar-refractivity contribution in [2.75, 3.05) is 12.4 Å². The lowest BCUT2D eigenvalue weighted by atomic mass is 10.1. The number of rotatable bonds is 5. The molecule has 4 aromatic rings. The summed E-state index contributed by atoms with van der Waals surface area (Å²) in [5, 5.41) is 15.8. The summed E-state index contributed by atoms with van der Waals surface area (Å²) in [6, 6.07) is 19.1. The van der Waals surface area contributed by atoms with Crippen LogP contribution in [-0.2, 0) is 0 Å². The minimum atomic E-state index is -0.457. The first-order valence-corrected chi connectivity index (χ1v) is 9.05. The SMILES string of the molecule is COc1ccc([N+](=O)[O-])cc1Nc1nc(-c2ccc(Cl)cc2)nc2ccccc12. The minimum absolute atomic E-state index is 0.0513. The summed E-state index contributed by atoms with van der Waals surface area (Å²) in [7, 11) is 1.50. The van der Waals surface area contributed by atoms with E-state index >= 15 is 0 Å². The summed E-state index contributed by atoms with van der Waals surface area (Å²) < 4.78 is 5.35. The second kappa shape index (κ2) is 7.73. The highest BCUT2D eigenvalue weighted by atomic mass is 35.5.